The van der Waals surface area contributed by atoms with Gasteiger partial charge in [-0.25, -0.2) is 4.98 Å². The van der Waals surface area contributed by atoms with Gasteiger partial charge in [0.1, 0.15) is 6.10 Å². The first-order valence-corrected chi connectivity index (χ1v) is 13.4. The Hall–Kier alpha value is -3.26. The van der Waals surface area contributed by atoms with Crippen LogP contribution in [-0.4, -0.2) is 48.2 Å². The van der Waals surface area contributed by atoms with E-state index in [1.807, 2.05) is 18.3 Å². The summed E-state index contributed by atoms with van der Waals surface area (Å²) >= 11 is 0. The van der Waals surface area contributed by atoms with E-state index in [0.717, 1.165) is 75.2 Å². The summed E-state index contributed by atoms with van der Waals surface area (Å²) in [6.45, 7) is 6.13. The van der Waals surface area contributed by atoms with Gasteiger partial charge in [0.25, 0.3) is 0 Å². The molecule has 202 valence electrons. The fourth-order valence-corrected chi connectivity index (χ4v) is 5.26. The molecule has 2 fully saturated rings. The molecule has 0 radical (unpaired) electrons. The number of aryl methyl sites for hydroxylation is 1. The summed E-state index contributed by atoms with van der Waals surface area (Å²) in [7, 11) is 0. The smallest absolute Gasteiger partial charge is 0.416 e. The van der Waals surface area contributed by atoms with Crippen molar-refractivity contribution in [1.82, 2.24) is 9.88 Å². The number of halogens is 3. The van der Waals surface area contributed by atoms with E-state index in [0.29, 0.717) is 18.5 Å². The molecule has 0 unspecified atom stereocenters. The summed E-state index contributed by atoms with van der Waals surface area (Å²) in [4.78, 5) is 9.06. The number of hydrogen-bond acceptors (Lipinski definition) is 5. The van der Waals surface area contributed by atoms with Crippen molar-refractivity contribution >= 4 is 11.4 Å². The Morgan fingerprint density at radius 2 is 1.58 bits per heavy atom. The molecule has 5 rings (SSSR count). The average Bonchev–Trinajstić information content (AvgIpc) is 2.92. The Morgan fingerprint density at radius 3 is 2.24 bits per heavy atom. The summed E-state index contributed by atoms with van der Waals surface area (Å²) < 4.78 is 44.7. The molecular formula is C30H35F3N4O. The van der Waals surface area contributed by atoms with Gasteiger partial charge in [0, 0.05) is 62.4 Å². The van der Waals surface area contributed by atoms with E-state index in [1.54, 1.807) is 12.1 Å². The Bertz CT molecular complexity index is 1170. The van der Waals surface area contributed by atoms with E-state index in [4.69, 9.17) is 4.74 Å². The number of aromatic nitrogens is 1. The zero-order valence-corrected chi connectivity index (χ0v) is 21.8. The Labute approximate surface area is 222 Å². The average molecular weight is 525 g/mol. The lowest BCUT2D eigenvalue weighted by atomic mass is 9.92. The first-order chi connectivity index (χ1) is 18.3. The molecule has 2 heterocycles. The maximum absolute atomic E-state index is 12.8. The highest BCUT2D eigenvalue weighted by atomic mass is 19.4. The number of pyridine rings is 1. The lowest BCUT2D eigenvalue weighted by molar-refractivity contribution is -0.137. The Balaban J connectivity index is 1.08. The largest absolute Gasteiger partial charge is 0.474 e. The maximum Gasteiger partial charge on any atom is 0.416 e. The van der Waals surface area contributed by atoms with Crippen molar-refractivity contribution < 1.29 is 17.9 Å². The molecule has 1 saturated carbocycles. The number of nitrogens with zero attached hydrogens (tertiary/aromatic N) is 3. The molecule has 1 aliphatic carbocycles. The van der Waals surface area contributed by atoms with Crippen LogP contribution in [0.2, 0.25) is 0 Å². The van der Waals surface area contributed by atoms with Crippen molar-refractivity contribution in [2.75, 3.05) is 36.4 Å². The first kappa shape index (κ1) is 26.4. The second-order valence-corrected chi connectivity index (χ2v) is 10.4. The quantitative estimate of drug-likeness (QED) is 0.380. The van der Waals surface area contributed by atoms with Gasteiger partial charge in [-0.15, -0.1) is 0 Å². The second-order valence-electron chi connectivity index (χ2n) is 10.4. The highest BCUT2D eigenvalue weighted by molar-refractivity contribution is 5.49. The molecule has 2 aromatic carbocycles. The lowest BCUT2D eigenvalue weighted by Gasteiger charge is -2.36. The van der Waals surface area contributed by atoms with Gasteiger partial charge in [-0.3, -0.25) is 4.90 Å². The van der Waals surface area contributed by atoms with Crippen molar-refractivity contribution in [2.45, 2.75) is 57.5 Å². The van der Waals surface area contributed by atoms with Crippen molar-refractivity contribution in [3.63, 3.8) is 0 Å². The van der Waals surface area contributed by atoms with Gasteiger partial charge < -0.3 is 15.0 Å². The van der Waals surface area contributed by atoms with Gasteiger partial charge in [-0.1, -0.05) is 29.8 Å². The van der Waals surface area contributed by atoms with Crippen LogP contribution in [0.4, 0.5) is 24.5 Å². The molecule has 0 amide bonds. The standard InChI is InChI=1S/C30H35F3N4O/c1-22-2-8-25(9-3-22)35-26-10-12-28(13-11-26)38-29-20-27(14-15-34-29)37-18-16-36(17-19-37)21-23-4-6-24(7-5-23)30(31,32)33/h2-9,14-15,20,26,28,35H,10-13,16-19,21H2,1H3/t26-,28-. The van der Waals surface area contributed by atoms with E-state index >= 15 is 0 Å². The van der Waals surface area contributed by atoms with Crippen LogP contribution in [0.25, 0.3) is 0 Å². The predicted molar refractivity (Wildman–Crippen MR) is 145 cm³/mol. The highest BCUT2D eigenvalue weighted by Gasteiger charge is 2.30. The molecule has 8 heteroatoms. The first-order valence-electron chi connectivity index (χ1n) is 13.4. The van der Waals surface area contributed by atoms with E-state index in [2.05, 4.69) is 51.3 Å². The van der Waals surface area contributed by atoms with Crippen LogP contribution in [0.5, 0.6) is 5.88 Å². The number of anilines is 2. The molecule has 1 N–H and O–H groups in total. The number of nitrogens with one attached hydrogen (secondary N) is 1. The summed E-state index contributed by atoms with van der Waals surface area (Å²) in [6.07, 6.45) is 1.82. The predicted octanol–water partition coefficient (Wildman–Crippen LogP) is 6.53. The van der Waals surface area contributed by atoms with Crippen LogP contribution < -0.4 is 15.0 Å². The zero-order valence-electron chi connectivity index (χ0n) is 21.8. The van der Waals surface area contributed by atoms with Crippen LogP contribution in [0.1, 0.15) is 42.4 Å². The minimum Gasteiger partial charge on any atom is -0.474 e. The zero-order chi connectivity index (χ0) is 26.5. The fourth-order valence-electron chi connectivity index (χ4n) is 5.26. The number of ether oxygens (including phenoxy) is 1. The van der Waals surface area contributed by atoms with Gasteiger partial charge in [-0.2, -0.15) is 13.2 Å². The SMILES string of the molecule is Cc1ccc(N[C@H]2CC[C@H](Oc3cc(N4CCN(Cc5ccc(C(F)(F)F)cc5)CC4)ccn3)CC2)cc1. The fraction of sp³-hybridized carbons (Fsp3) is 0.433. The number of piperazine rings is 1. The lowest BCUT2D eigenvalue weighted by Crippen LogP contribution is -2.46. The monoisotopic (exact) mass is 524 g/mol. The third-order valence-electron chi connectivity index (χ3n) is 7.53. The normalized spacial score (nSPS) is 20.8. The van der Waals surface area contributed by atoms with Crippen LogP contribution in [0, 0.1) is 6.92 Å². The van der Waals surface area contributed by atoms with E-state index in [-0.39, 0.29) is 6.10 Å². The Kier molecular flexibility index (Phi) is 8.07. The summed E-state index contributed by atoms with van der Waals surface area (Å²) in [6, 6.07) is 18.5. The molecule has 0 atom stereocenters. The van der Waals surface area contributed by atoms with Gasteiger partial charge >= 0.3 is 6.18 Å². The molecule has 0 bridgehead atoms. The minimum atomic E-state index is -4.30. The Morgan fingerprint density at radius 1 is 0.895 bits per heavy atom. The molecule has 0 spiro atoms. The maximum atomic E-state index is 12.8. The van der Waals surface area contributed by atoms with Crippen LogP contribution >= 0.6 is 0 Å². The van der Waals surface area contributed by atoms with E-state index < -0.39 is 11.7 Å². The molecule has 5 nitrogen and oxygen atoms in total. The molecular weight excluding hydrogens is 489 g/mol. The number of hydrogen-bond donors (Lipinski definition) is 1. The molecule has 1 aliphatic heterocycles. The van der Waals surface area contributed by atoms with E-state index in [9.17, 15) is 13.2 Å². The molecule has 1 aromatic heterocycles. The molecule has 3 aromatic rings. The van der Waals surface area contributed by atoms with Crippen molar-refractivity contribution in [1.29, 1.82) is 0 Å². The molecule has 38 heavy (non-hydrogen) atoms. The van der Waals surface area contributed by atoms with Crippen molar-refractivity contribution in [3.05, 3.63) is 83.6 Å². The second kappa shape index (κ2) is 11.6. The van der Waals surface area contributed by atoms with Crippen LogP contribution in [0.15, 0.2) is 66.9 Å². The van der Waals surface area contributed by atoms with Crippen LogP contribution in [-0.2, 0) is 12.7 Å². The van der Waals surface area contributed by atoms with Gasteiger partial charge in [-0.05, 0) is 68.5 Å². The van der Waals surface area contributed by atoms with Crippen LogP contribution in [0.3, 0.4) is 0 Å². The number of alkyl halides is 3. The molecule has 2 aliphatic rings. The molecule has 1 saturated heterocycles. The van der Waals surface area contributed by atoms with Gasteiger partial charge in [0.2, 0.25) is 5.88 Å². The topological polar surface area (TPSA) is 40.6 Å². The third kappa shape index (κ3) is 6.98. The summed E-state index contributed by atoms with van der Waals surface area (Å²) in [5.41, 5.74) is 3.83. The summed E-state index contributed by atoms with van der Waals surface area (Å²) in [5, 5.41) is 3.64. The van der Waals surface area contributed by atoms with Crippen molar-refractivity contribution in [3.8, 4) is 5.88 Å². The van der Waals surface area contributed by atoms with E-state index in [1.165, 1.54) is 11.3 Å². The number of rotatable bonds is 7. The number of benzene rings is 2. The third-order valence-corrected chi connectivity index (χ3v) is 7.53. The van der Waals surface area contributed by atoms with Gasteiger partial charge in [0.15, 0.2) is 0 Å². The summed E-state index contributed by atoms with van der Waals surface area (Å²) in [5.74, 6) is 0.671. The van der Waals surface area contributed by atoms with Crippen molar-refractivity contribution in [2.24, 2.45) is 0 Å². The van der Waals surface area contributed by atoms with Gasteiger partial charge in [0.05, 0.1) is 5.56 Å². The highest BCUT2D eigenvalue weighted by Crippen LogP contribution is 2.30. The minimum absolute atomic E-state index is 0.175.